The van der Waals surface area contributed by atoms with Crippen molar-refractivity contribution in [1.29, 1.82) is 0 Å². The molecule has 0 aliphatic heterocycles. The van der Waals surface area contributed by atoms with Crippen LogP contribution in [0.15, 0.2) is 24.3 Å². The van der Waals surface area contributed by atoms with Crippen LogP contribution in [0.3, 0.4) is 0 Å². The van der Waals surface area contributed by atoms with Crippen LogP contribution in [0.2, 0.25) is 0 Å². The zero-order valence-corrected chi connectivity index (χ0v) is 13.0. The van der Waals surface area contributed by atoms with Crippen LogP contribution in [0, 0.1) is 0 Å². The van der Waals surface area contributed by atoms with Crippen LogP contribution < -0.4 is 28.7 Å². The summed E-state index contributed by atoms with van der Waals surface area (Å²) in [6.45, 7) is 6.55. The molecule has 1 atom stereocenters. The number of hydrogen-bond donors (Lipinski definition) is 5. The van der Waals surface area contributed by atoms with E-state index in [4.69, 9.17) is 28.7 Å². The second kappa shape index (κ2) is 16.1. The van der Waals surface area contributed by atoms with Crippen molar-refractivity contribution in [3.05, 3.63) is 35.4 Å². The Bertz CT molecular complexity index is 281. The van der Waals surface area contributed by atoms with Gasteiger partial charge in [0.2, 0.25) is 0 Å². The van der Waals surface area contributed by atoms with E-state index in [1.54, 1.807) is 0 Å². The summed E-state index contributed by atoms with van der Waals surface area (Å²) in [6.07, 6.45) is 2.36. The molecular formula is C15H33N5. The zero-order chi connectivity index (χ0) is 15.8. The zero-order valence-electron chi connectivity index (χ0n) is 13.0. The van der Waals surface area contributed by atoms with Gasteiger partial charge in [0.15, 0.2) is 0 Å². The van der Waals surface area contributed by atoms with Crippen LogP contribution in [-0.2, 0) is 13.1 Å². The Morgan fingerprint density at radius 1 is 0.950 bits per heavy atom. The van der Waals surface area contributed by atoms with Gasteiger partial charge in [-0.1, -0.05) is 37.6 Å². The third-order valence-electron chi connectivity index (χ3n) is 2.37. The summed E-state index contributed by atoms with van der Waals surface area (Å²) in [5, 5.41) is 0. The summed E-state index contributed by atoms with van der Waals surface area (Å²) < 4.78 is 0. The first kappa shape index (κ1) is 21.3. The standard InChI is InChI=1S/C8H12N2.C5H13N.C2H8N2/c9-5-7-2-1-3-8(4-7)6-10;1-3-4-5(2)6;3-1-2-4/h1-4H,5-6,9-10H2;5H,3-4,6H2,1-2H3;1-4H2. The van der Waals surface area contributed by atoms with Crippen molar-refractivity contribution in [2.24, 2.45) is 28.7 Å². The lowest BCUT2D eigenvalue weighted by Gasteiger charge is -1.98. The normalized spacial score (nSPS) is 10.8. The predicted octanol–water partition coefficient (Wildman–Crippen LogP) is 0.642. The van der Waals surface area contributed by atoms with Gasteiger partial charge in [0.05, 0.1) is 0 Å². The highest BCUT2D eigenvalue weighted by molar-refractivity contribution is 5.22. The molecule has 1 aromatic carbocycles. The third-order valence-corrected chi connectivity index (χ3v) is 2.37. The van der Waals surface area contributed by atoms with E-state index in [1.807, 2.05) is 31.2 Å². The molecule has 0 fully saturated rings. The minimum absolute atomic E-state index is 0.398. The van der Waals surface area contributed by atoms with E-state index in [0.717, 1.165) is 17.5 Å². The van der Waals surface area contributed by atoms with E-state index in [1.165, 1.54) is 6.42 Å². The lowest BCUT2D eigenvalue weighted by molar-refractivity contribution is 0.653. The predicted molar refractivity (Wildman–Crippen MR) is 88.9 cm³/mol. The summed E-state index contributed by atoms with van der Waals surface area (Å²) in [5.74, 6) is 0. The largest absolute Gasteiger partial charge is 0.329 e. The SMILES string of the molecule is CCCC(C)N.NCCN.NCc1cccc(CN)c1. The number of nitrogens with two attached hydrogens (primary N) is 5. The highest BCUT2D eigenvalue weighted by atomic mass is 14.6. The molecule has 0 radical (unpaired) electrons. The Morgan fingerprint density at radius 3 is 1.60 bits per heavy atom. The molecule has 0 amide bonds. The van der Waals surface area contributed by atoms with Gasteiger partial charge in [0.25, 0.3) is 0 Å². The Balaban J connectivity index is 0. The third kappa shape index (κ3) is 15.1. The molecule has 20 heavy (non-hydrogen) atoms. The van der Waals surface area contributed by atoms with Crippen molar-refractivity contribution >= 4 is 0 Å². The summed E-state index contributed by atoms with van der Waals surface area (Å²) >= 11 is 0. The van der Waals surface area contributed by atoms with Gasteiger partial charge in [-0.05, 0) is 24.5 Å². The Labute approximate surface area is 123 Å². The van der Waals surface area contributed by atoms with Crippen LogP contribution in [-0.4, -0.2) is 19.1 Å². The first-order chi connectivity index (χ1) is 9.55. The lowest BCUT2D eigenvalue weighted by atomic mass is 10.1. The second-order valence-electron chi connectivity index (χ2n) is 4.57. The molecule has 118 valence electrons. The molecular weight excluding hydrogens is 250 g/mol. The quantitative estimate of drug-likeness (QED) is 0.541. The fourth-order valence-corrected chi connectivity index (χ4v) is 1.34. The van der Waals surface area contributed by atoms with Crippen molar-refractivity contribution in [1.82, 2.24) is 0 Å². The Morgan fingerprint density at radius 2 is 1.40 bits per heavy atom. The maximum Gasteiger partial charge on any atom is 0.0178 e. The Hall–Kier alpha value is -0.980. The van der Waals surface area contributed by atoms with E-state index in [-0.39, 0.29) is 0 Å². The van der Waals surface area contributed by atoms with Crippen molar-refractivity contribution in [2.75, 3.05) is 13.1 Å². The van der Waals surface area contributed by atoms with E-state index in [0.29, 0.717) is 32.2 Å². The molecule has 0 saturated carbocycles. The molecule has 5 nitrogen and oxygen atoms in total. The first-order valence-electron chi connectivity index (χ1n) is 7.19. The molecule has 0 saturated heterocycles. The van der Waals surface area contributed by atoms with E-state index in [9.17, 15) is 0 Å². The average Bonchev–Trinajstić information content (AvgIpc) is 2.48. The van der Waals surface area contributed by atoms with Gasteiger partial charge in [-0.3, -0.25) is 0 Å². The monoisotopic (exact) mass is 283 g/mol. The highest BCUT2D eigenvalue weighted by Crippen LogP contribution is 2.02. The molecule has 0 heterocycles. The van der Waals surface area contributed by atoms with Gasteiger partial charge in [-0.2, -0.15) is 0 Å². The molecule has 1 rings (SSSR count). The number of benzene rings is 1. The van der Waals surface area contributed by atoms with Gasteiger partial charge in [0, 0.05) is 32.2 Å². The number of hydrogen-bond acceptors (Lipinski definition) is 5. The molecule has 1 unspecified atom stereocenters. The van der Waals surface area contributed by atoms with Gasteiger partial charge < -0.3 is 28.7 Å². The molecule has 0 aliphatic rings. The Kier molecular flexibility index (Phi) is 17.1. The summed E-state index contributed by atoms with van der Waals surface area (Å²) in [7, 11) is 0. The van der Waals surface area contributed by atoms with Crippen LogP contribution in [0.25, 0.3) is 0 Å². The maximum absolute atomic E-state index is 5.43. The minimum atomic E-state index is 0.398. The van der Waals surface area contributed by atoms with Crippen molar-refractivity contribution in [3.63, 3.8) is 0 Å². The molecule has 1 aromatic rings. The minimum Gasteiger partial charge on any atom is -0.329 e. The fraction of sp³-hybridized carbons (Fsp3) is 0.600. The van der Waals surface area contributed by atoms with E-state index >= 15 is 0 Å². The highest BCUT2D eigenvalue weighted by Gasteiger charge is 1.89. The molecule has 5 heteroatoms. The van der Waals surface area contributed by atoms with Gasteiger partial charge in [-0.15, -0.1) is 0 Å². The number of rotatable bonds is 5. The fourth-order valence-electron chi connectivity index (χ4n) is 1.34. The smallest absolute Gasteiger partial charge is 0.0178 e. The van der Waals surface area contributed by atoms with E-state index < -0.39 is 0 Å². The average molecular weight is 283 g/mol. The second-order valence-corrected chi connectivity index (χ2v) is 4.57. The van der Waals surface area contributed by atoms with Crippen LogP contribution >= 0.6 is 0 Å². The molecule has 10 N–H and O–H groups in total. The van der Waals surface area contributed by atoms with Crippen molar-refractivity contribution in [2.45, 2.75) is 45.8 Å². The van der Waals surface area contributed by atoms with Crippen molar-refractivity contribution < 1.29 is 0 Å². The lowest BCUT2D eigenvalue weighted by Crippen LogP contribution is -2.13. The summed E-state index contributed by atoms with van der Waals surface area (Å²) in [4.78, 5) is 0. The van der Waals surface area contributed by atoms with Crippen LogP contribution in [0.1, 0.15) is 37.8 Å². The van der Waals surface area contributed by atoms with Gasteiger partial charge in [-0.25, -0.2) is 0 Å². The van der Waals surface area contributed by atoms with Gasteiger partial charge in [0.1, 0.15) is 0 Å². The first-order valence-corrected chi connectivity index (χ1v) is 7.19. The summed E-state index contributed by atoms with van der Waals surface area (Å²) in [5.41, 5.74) is 28.4. The van der Waals surface area contributed by atoms with Crippen LogP contribution in [0.4, 0.5) is 0 Å². The van der Waals surface area contributed by atoms with E-state index in [2.05, 4.69) is 6.92 Å². The topological polar surface area (TPSA) is 130 Å². The van der Waals surface area contributed by atoms with Crippen LogP contribution in [0.5, 0.6) is 0 Å². The molecule has 0 aliphatic carbocycles. The molecule has 0 spiro atoms. The van der Waals surface area contributed by atoms with Crippen molar-refractivity contribution in [3.8, 4) is 0 Å². The molecule has 0 aromatic heterocycles. The summed E-state index contributed by atoms with van der Waals surface area (Å²) in [6, 6.07) is 8.40. The maximum atomic E-state index is 5.43. The van der Waals surface area contributed by atoms with Gasteiger partial charge >= 0.3 is 0 Å². The molecule has 0 bridgehead atoms.